The summed E-state index contributed by atoms with van der Waals surface area (Å²) in [5, 5.41) is 3.77. The number of nitrogens with zero attached hydrogens (tertiary/aromatic N) is 5. The van der Waals surface area contributed by atoms with E-state index in [1.54, 1.807) is 30.5 Å². The summed E-state index contributed by atoms with van der Waals surface area (Å²) < 4.78 is 27.1. The number of piperazine rings is 1. The average molecular weight is 459 g/mol. The first-order valence-corrected chi connectivity index (χ1v) is 11.9. The van der Waals surface area contributed by atoms with E-state index in [9.17, 15) is 8.42 Å². The molecule has 0 aliphatic carbocycles. The second-order valence-electron chi connectivity index (χ2n) is 7.37. The number of pyridine rings is 1. The number of aromatic nitrogens is 3. The molecule has 4 rings (SSSR count). The van der Waals surface area contributed by atoms with Gasteiger partial charge in [-0.2, -0.15) is 4.31 Å². The molecule has 2 aromatic heterocycles. The van der Waals surface area contributed by atoms with E-state index in [1.165, 1.54) is 10.6 Å². The van der Waals surface area contributed by atoms with Gasteiger partial charge in [0, 0.05) is 43.5 Å². The van der Waals surface area contributed by atoms with Crippen molar-refractivity contribution in [2.75, 3.05) is 36.4 Å². The van der Waals surface area contributed by atoms with E-state index < -0.39 is 10.0 Å². The highest BCUT2D eigenvalue weighted by Crippen LogP contribution is 2.21. The van der Waals surface area contributed by atoms with Gasteiger partial charge in [-0.15, -0.1) is 0 Å². The zero-order chi connectivity index (χ0) is 21.8. The van der Waals surface area contributed by atoms with Crippen molar-refractivity contribution in [3.05, 3.63) is 71.1 Å². The highest BCUT2D eigenvalue weighted by atomic mass is 35.5. The summed E-state index contributed by atoms with van der Waals surface area (Å²) in [6, 6.07) is 12.6. The first kappa shape index (κ1) is 21.5. The molecule has 0 saturated carbocycles. The van der Waals surface area contributed by atoms with Crippen molar-refractivity contribution in [3.63, 3.8) is 0 Å². The third kappa shape index (κ3) is 5.49. The highest BCUT2D eigenvalue weighted by Gasteiger charge is 2.27. The van der Waals surface area contributed by atoms with Crippen molar-refractivity contribution in [3.8, 4) is 0 Å². The molecule has 1 aromatic carbocycles. The lowest BCUT2D eigenvalue weighted by Gasteiger charge is -2.34. The molecule has 0 unspecified atom stereocenters. The summed E-state index contributed by atoms with van der Waals surface area (Å²) in [5.74, 6) is 2.07. The molecule has 8 nitrogen and oxygen atoms in total. The summed E-state index contributed by atoms with van der Waals surface area (Å²) in [7, 11) is -3.40. The van der Waals surface area contributed by atoms with Gasteiger partial charge in [0.15, 0.2) is 0 Å². The summed E-state index contributed by atoms with van der Waals surface area (Å²) in [6.07, 6.45) is 3.24. The summed E-state index contributed by atoms with van der Waals surface area (Å²) in [4.78, 5) is 15.0. The number of benzene rings is 1. The maximum Gasteiger partial charge on any atom is 0.218 e. The Morgan fingerprint density at radius 2 is 1.68 bits per heavy atom. The highest BCUT2D eigenvalue weighted by molar-refractivity contribution is 7.88. The number of nitrogens with one attached hydrogen (secondary N) is 1. The van der Waals surface area contributed by atoms with E-state index in [0.29, 0.717) is 42.8 Å². The van der Waals surface area contributed by atoms with Gasteiger partial charge in [-0.3, -0.25) is 0 Å². The van der Waals surface area contributed by atoms with Crippen LogP contribution in [-0.4, -0.2) is 53.9 Å². The number of hydrogen-bond acceptors (Lipinski definition) is 7. The number of aryl methyl sites for hydroxylation is 1. The third-order valence-corrected chi connectivity index (χ3v) is 7.14. The SMILES string of the molecule is Cc1ccnc(Nc2cc(N3CCN(S(=O)(=O)Cc4ccc(Cl)cc4)CC3)ncn2)c1. The number of rotatable bonds is 6. The van der Waals surface area contributed by atoms with Gasteiger partial charge in [0.2, 0.25) is 10.0 Å². The van der Waals surface area contributed by atoms with Crippen LogP contribution < -0.4 is 10.2 Å². The lowest BCUT2D eigenvalue weighted by Crippen LogP contribution is -2.49. The molecule has 0 spiro atoms. The summed E-state index contributed by atoms with van der Waals surface area (Å²) in [6.45, 7) is 3.92. The van der Waals surface area contributed by atoms with Crippen LogP contribution in [0.3, 0.4) is 0 Å². The average Bonchev–Trinajstić information content (AvgIpc) is 2.76. The molecule has 31 heavy (non-hydrogen) atoms. The molecule has 3 aromatic rings. The molecule has 162 valence electrons. The van der Waals surface area contributed by atoms with E-state index in [1.807, 2.05) is 25.1 Å². The van der Waals surface area contributed by atoms with Crippen LogP contribution in [0.1, 0.15) is 11.1 Å². The van der Waals surface area contributed by atoms with Crippen LogP contribution in [0.5, 0.6) is 0 Å². The van der Waals surface area contributed by atoms with Gasteiger partial charge < -0.3 is 10.2 Å². The fourth-order valence-corrected chi connectivity index (χ4v) is 5.04. The third-order valence-electron chi connectivity index (χ3n) is 5.04. The number of hydrogen-bond donors (Lipinski definition) is 1. The Hall–Kier alpha value is -2.75. The normalized spacial score (nSPS) is 15.1. The minimum Gasteiger partial charge on any atom is -0.354 e. The molecule has 1 N–H and O–H groups in total. The zero-order valence-electron chi connectivity index (χ0n) is 17.1. The van der Waals surface area contributed by atoms with Crippen LogP contribution in [0.2, 0.25) is 5.02 Å². The van der Waals surface area contributed by atoms with Crippen LogP contribution in [0, 0.1) is 6.92 Å². The maximum absolute atomic E-state index is 12.8. The van der Waals surface area contributed by atoms with Crippen LogP contribution in [0.4, 0.5) is 17.5 Å². The quantitative estimate of drug-likeness (QED) is 0.606. The van der Waals surface area contributed by atoms with E-state index in [2.05, 4.69) is 25.2 Å². The second kappa shape index (κ2) is 9.17. The molecule has 1 aliphatic heterocycles. The minimum absolute atomic E-state index is 0.0325. The number of anilines is 3. The van der Waals surface area contributed by atoms with Gasteiger partial charge >= 0.3 is 0 Å². The predicted molar refractivity (Wildman–Crippen MR) is 122 cm³/mol. The van der Waals surface area contributed by atoms with Crippen molar-refractivity contribution >= 4 is 39.1 Å². The van der Waals surface area contributed by atoms with E-state index >= 15 is 0 Å². The Morgan fingerprint density at radius 3 is 2.39 bits per heavy atom. The molecule has 0 bridgehead atoms. The fraction of sp³-hybridized carbons (Fsp3) is 0.286. The Labute approximate surface area is 187 Å². The molecule has 3 heterocycles. The smallest absolute Gasteiger partial charge is 0.218 e. The van der Waals surface area contributed by atoms with Crippen LogP contribution in [-0.2, 0) is 15.8 Å². The topological polar surface area (TPSA) is 91.3 Å². The maximum atomic E-state index is 12.8. The Kier molecular flexibility index (Phi) is 6.35. The van der Waals surface area contributed by atoms with E-state index in [4.69, 9.17) is 11.6 Å². The molecule has 1 fully saturated rings. The number of halogens is 1. The summed E-state index contributed by atoms with van der Waals surface area (Å²) in [5.41, 5.74) is 1.82. The molecule has 1 saturated heterocycles. The number of sulfonamides is 1. The summed E-state index contributed by atoms with van der Waals surface area (Å²) >= 11 is 5.89. The first-order chi connectivity index (χ1) is 14.9. The van der Waals surface area contributed by atoms with Gasteiger partial charge in [-0.05, 0) is 42.3 Å². The van der Waals surface area contributed by atoms with Crippen molar-refractivity contribution in [2.24, 2.45) is 0 Å². The molecule has 10 heteroatoms. The van der Waals surface area contributed by atoms with Gasteiger partial charge in [0.25, 0.3) is 0 Å². The molecule has 0 amide bonds. The zero-order valence-corrected chi connectivity index (χ0v) is 18.6. The Morgan fingerprint density at radius 1 is 0.968 bits per heavy atom. The molecule has 1 aliphatic rings. The molecule has 0 atom stereocenters. The van der Waals surface area contributed by atoms with E-state index in [-0.39, 0.29) is 5.75 Å². The van der Waals surface area contributed by atoms with Gasteiger partial charge in [0.05, 0.1) is 5.75 Å². The van der Waals surface area contributed by atoms with Crippen molar-refractivity contribution in [1.29, 1.82) is 0 Å². The minimum atomic E-state index is -3.40. The van der Waals surface area contributed by atoms with Gasteiger partial charge in [0.1, 0.15) is 23.8 Å². The Bertz CT molecular complexity index is 1150. The molecular formula is C21H23ClN6O2S. The lowest BCUT2D eigenvalue weighted by atomic mass is 10.2. The van der Waals surface area contributed by atoms with Crippen molar-refractivity contribution in [2.45, 2.75) is 12.7 Å². The molecular weight excluding hydrogens is 436 g/mol. The van der Waals surface area contributed by atoms with Gasteiger partial charge in [-0.25, -0.2) is 23.4 Å². The largest absolute Gasteiger partial charge is 0.354 e. The van der Waals surface area contributed by atoms with Crippen molar-refractivity contribution < 1.29 is 8.42 Å². The Balaban J connectivity index is 1.38. The van der Waals surface area contributed by atoms with Crippen LogP contribution in [0.25, 0.3) is 0 Å². The van der Waals surface area contributed by atoms with Gasteiger partial charge in [-0.1, -0.05) is 23.7 Å². The van der Waals surface area contributed by atoms with Crippen LogP contribution in [0.15, 0.2) is 55.0 Å². The second-order valence-corrected chi connectivity index (χ2v) is 9.78. The lowest BCUT2D eigenvalue weighted by molar-refractivity contribution is 0.383. The van der Waals surface area contributed by atoms with E-state index in [0.717, 1.165) is 16.9 Å². The first-order valence-electron chi connectivity index (χ1n) is 9.88. The van der Waals surface area contributed by atoms with Crippen molar-refractivity contribution in [1.82, 2.24) is 19.3 Å². The monoisotopic (exact) mass is 458 g/mol. The van der Waals surface area contributed by atoms with Crippen LogP contribution >= 0.6 is 11.6 Å². The standard InChI is InChI=1S/C21H23ClN6O2S/c1-16-6-7-23-19(12-16)26-20-13-21(25-15-24-20)27-8-10-28(11-9-27)31(29,30)14-17-2-4-18(22)5-3-17/h2-7,12-13,15H,8-11,14H2,1H3,(H,23,24,25,26). The fourth-order valence-electron chi connectivity index (χ4n) is 3.40. The molecule has 0 radical (unpaired) electrons. The predicted octanol–water partition coefficient (Wildman–Crippen LogP) is 3.23.